The second kappa shape index (κ2) is 11.0. The minimum absolute atomic E-state index is 0.0146. The van der Waals surface area contributed by atoms with Gasteiger partial charge in [-0.3, -0.25) is 0 Å². The van der Waals surface area contributed by atoms with Gasteiger partial charge in [-0.2, -0.15) is 0 Å². The molecule has 3 nitrogen and oxygen atoms in total. The molecule has 0 bridgehead atoms. The van der Waals surface area contributed by atoms with Crippen LogP contribution in [0.4, 0.5) is 0 Å². The van der Waals surface area contributed by atoms with Crippen LogP contribution in [0.25, 0.3) is 101 Å². The third kappa shape index (κ3) is 4.11. The lowest BCUT2D eigenvalue weighted by Crippen LogP contribution is -2.14. The molecular formula is C49H31N3S2. The molecule has 0 saturated heterocycles. The maximum Gasteiger partial charge on any atom is 0.116 e. The topological polar surface area (TPSA) is 30.7 Å². The van der Waals surface area contributed by atoms with Gasteiger partial charge in [0.2, 0.25) is 0 Å². The van der Waals surface area contributed by atoms with E-state index in [1.54, 1.807) is 32.0 Å². The van der Waals surface area contributed by atoms with E-state index in [0.717, 1.165) is 22.7 Å². The summed E-state index contributed by atoms with van der Waals surface area (Å²) in [4.78, 5) is 9.13. The van der Waals surface area contributed by atoms with Crippen molar-refractivity contribution in [2.75, 3.05) is 0 Å². The quantitative estimate of drug-likeness (QED) is 0.180. The number of hydrogen-bond donors (Lipinski definition) is 0. The summed E-state index contributed by atoms with van der Waals surface area (Å²) in [7, 11) is 0. The van der Waals surface area contributed by atoms with E-state index in [1.165, 1.54) is 10.9 Å². The van der Waals surface area contributed by atoms with Gasteiger partial charge in [-0.25, -0.2) is 9.97 Å². The summed E-state index contributed by atoms with van der Waals surface area (Å²) in [6.45, 7) is 3.39. The summed E-state index contributed by atoms with van der Waals surface area (Å²) in [6.07, 6.45) is 1.17. The molecule has 11 aromatic rings. The van der Waals surface area contributed by atoms with Crippen LogP contribution in [-0.2, 0) is 5.41 Å². The summed E-state index contributed by atoms with van der Waals surface area (Å²) in [5, 5.41) is 0.154. The summed E-state index contributed by atoms with van der Waals surface area (Å²) in [5.74, 6) is 0. The fraction of sp³-hybridized carbons (Fsp3) is 0.0612. The van der Waals surface area contributed by atoms with Crippen molar-refractivity contribution in [2.45, 2.75) is 19.3 Å². The molecule has 0 aliphatic heterocycles. The van der Waals surface area contributed by atoms with Gasteiger partial charge in [0, 0.05) is 57.7 Å². The molecule has 254 valence electrons. The van der Waals surface area contributed by atoms with Gasteiger partial charge in [0.15, 0.2) is 0 Å². The molecule has 54 heavy (non-hydrogen) atoms. The molecule has 0 saturated carbocycles. The Bertz CT molecular complexity index is 4590. The van der Waals surface area contributed by atoms with Crippen molar-refractivity contribution in [3.63, 3.8) is 0 Å². The Morgan fingerprint density at radius 1 is 0.556 bits per heavy atom. The average molecular weight is 747 g/mol. The van der Waals surface area contributed by atoms with E-state index in [9.17, 15) is 8.22 Å². The predicted molar refractivity (Wildman–Crippen MR) is 231 cm³/mol. The fourth-order valence-electron chi connectivity index (χ4n) is 7.59. The highest BCUT2D eigenvalue weighted by molar-refractivity contribution is 7.26. The second-order valence-corrected chi connectivity index (χ2v) is 15.4. The van der Waals surface area contributed by atoms with Crippen LogP contribution in [0.15, 0.2) is 151 Å². The Kier molecular flexibility index (Phi) is 3.34. The van der Waals surface area contributed by atoms with Gasteiger partial charge < -0.3 is 4.57 Å². The smallest absolute Gasteiger partial charge is 0.116 e. The lowest BCUT2D eigenvalue weighted by atomic mass is 9.82. The maximum atomic E-state index is 9.97. The number of nitrogens with zero attached hydrogens (tertiary/aromatic N) is 3. The third-order valence-electron chi connectivity index (χ3n) is 10.1. The van der Waals surface area contributed by atoms with Crippen LogP contribution < -0.4 is 0 Å². The molecular weight excluding hydrogens is 695 g/mol. The molecule has 0 N–H and O–H groups in total. The van der Waals surface area contributed by atoms with Crippen LogP contribution in [0.5, 0.6) is 0 Å². The number of thiophene rings is 2. The minimum atomic E-state index is -1.26. The highest BCUT2D eigenvalue weighted by Gasteiger charge is 2.36. The Balaban J connectivity index is 1.13. The lowest BCUT2D eigenvalue weighted by molar-refractivity contribution is 0.661. The Morgan fingerprint density at radius 2 is 1.31 bits per heavy atom. The van der Waals surface area contributed by atoms with Gasteiger partial charge in [0.05, 0.1) is 55.7 Å². The maximum absolute atomic E-state index is 9.97. The summed E-state index contributed by atoms with van der Waals surface area (Å²) in [5.41, 5.74) is -1.17. The molecule has 0 amide bonds. The van der Waals surface area contributed by atoms with Crippen molar-refractivity contribution in [1.29, 1.82) is 0 Å². The first-order valence-electron chi connectivity index (χ1n) is 27.2. The van der Waals surface area contributed by atoms with E-state index in [-0.39, 0.29) is 116 Å². The van der Waals surface area contributed by atoms with Crippen molar-refractivity contribution >= 4 is 85.0 Å². The van der Waals surface area contributed by atoms with Crippen molar-refractivity contribution in [3.05, 3.63) is 163 Å². The second-order valence-electron chi connectivity index (χ2n) is 13.4. The number of aromatic nitrogens is 3. The summed E-state index contributed by atoms with van der Waals surface area (Å²) < 4.78 is 191. The minimum Gasteiger partial charge on any atom is -0.309 e. The lowest BCUT2D eigenvalue weighted by Gasteiger charge is -2.21. The zero-order chi connectivity index (χ0) is 54.0. The van der Waals surface area contributed by atoms with Crippen LogP contribution >= 0.6 is 22.7 Å². The van der Waals surface area contributed by atoms with Gasteiger partial charge in [-0.15, -0.1) is 22.7 Å². The van der Waals surface area contributed by atoms with Gasteiger partial charge >= 0.3 is 0 Å². The Hall–Kier alpha value is -6.14. The molecule has 4 aromatic heterocycles. The zero-order valence-corrected chi connectivity index (χ0v) is 29.6. The molecule has 12 rings (SSSR count). The van der Waals surface area contributed by atoms with Crippen LogP contribution in [-0.4, -0.2) is 14.5 Å². The van der Waals surface area contributed by atoms with E-state index >= 15 is 0 Å². The van der Waals surface area contributed by atoms with Crippen molar-refractivity contribution in [2.24, 2.45) is 0 Å². The molecule has 1 aliphatic carbocycles. The molecule has 4 heterocycles. The van der Waals surface area contributed by atoms with E-state index in [1.807, 2.05) is 0 Å². The van der Waals surface area contributed by atoms with Crippen LogP contribution in [0.1, 0.15) is 53.8 Å². The normalized spacial score (nSPS) is 19.0. The molecule has 7 aromatic carbocycles. The Labute approximate surface area is 348 Å². The molecule has 0 spiro atoms. The van der Waals surface area contributed by atoms with Gasteiger partial charge in [-0.05, 0) is 81.8 Å². The number of rotatable bonds is 3. The SMILES string of the molecule is [2H]c1c([2H])c(-c2ncnc3c2sc2ccc(-n4c5c([2H])c([2H])c([2H])c([2H])c5c5c([2H])c6c(c([2H])c54)C(C)(C)c4c([2H])c([2H])c([2H])c([2H])c4-6)cc23)c([2H])c(-c2c([2H])c([2H])c([2H])c3c2sc2c([2H])c([2H])c([2H])c([2H])c23)c1[2H]. The largest absolute Gasteiger partial charge is 0.309 e. The van der Waals surface area contributed by atoms with E-state index < -0.39 is 114 Å². The highest BCUT2D eigenvalue weighted by Crippen LogP contribution is 2.51. The van der Waals surface area contributed by atoms with Crippen molar-refractivity contribution in [1.82, 2.24) is 14.5 Å². The highest BCUT2D eigenvalue weighted by atomic mass is 32.1. The monoisotopic (exact) mass is 746 g/mol. The zero-order valence-electron chi connectivity index (χ0n) is 49.0. The predicted octanol–water partition coefficient (Wildman–Crippen LogP) is 13.9. The van der Waals surface area contributed by atoms with E-state index in [0.29, 0.717) is 14.8 Å². The van der Waals surface area contributed by atoms with E-state index in [2.05, 4.69) is 9.97 Å². The van der Waals surface area contributed by atoms with Gasteiger partial charge in [0.25, 0.3) is 0 Å². The van der Waals surface area contributed by atoms with Crippen molar-refractivity contribution < 1.29 is 28.8 Å². The number of fused-ring (bicyclic) bond motifs is 12. The standard InChI is InChI=1S/C49H31N3S2/c1-49(2)39-18-6-3-13-32(39)36-25-37-33-14-4-7-19-41(33)52(42(37)26-40(36)49)30-21-22-44-38(24-30)46-48(54-44)45(50-27-51-46)29-12-9-11-28(23-29)31-16-10-17-35-34-15-5-8-20-43(34)53-47(31)35/h3-27H,1-2H3/i3D,4D,5D,6D,7D,8D,9D,10D,11D,12D,13D,14D,15D,16D,17D,18D,19D,20D,23D,25D,26D. The first kappa shape index (κ1) is 16.5. The molecule has 5 heteroatoms. The first-order valence-corrected chi connectivity index (χ1v) is 18.3. The summed E-state index contributed by atoms with van der Waals surface area (Å²) >= 11 is 1.94. The molecule has 0 unspecified atom stereocenters. The number of para-hydroxylation sites is 1. The first-order chi connectivity index (χ1) is 35.3. The molecule has 0 fully saturated rings. The molecule has 0 atom stereocenters. The third-order valence-corrected chi connectivity index (χ3v) is 12.4. The van der Waals surface area contributed by atoms with Gasteiger partial charge in [-0.1, -0.05) is 111 Å². The molecule has 0 radical (unpaired) electrons. The van der Waals surface area contributed by atoms with Crippen LogP contribution in [0.3, 0.4) is 0 Å². The van der Waals surface area contributed by atoms with Gasteiger partial charge in [0.1, 0.15) is 6.33 Å². The molecule has 1 aliphatic rings. The van der Waals surface area contributed by atoms with Crippen molar-refractivity contribution in [3.8, 4) is 39.2 Å². The van der Waals surface area contributed by atoms with Crippen LogP contribution in [0.2, 0.25) is 0 Å². The van der Waals surface area contributed by atoms with Crippen LogP contribution in [0, 0.1) is 0 Å². The summed E-state index contributed by atoms with van der Waals surface area (Å²) in [6, 6.07) is -5.66. The number of benzene rings is 7. The fourth-order valence-corrected chi connectivity index (χ4v) is 9.79. The Morgan fingerprint density at radius 3 is 2.26 bits per heavy atom. The average Bonchev–Trinajstić information content (AvgIpc) is 4.16. The number of hydrogen-bond acceptors (Lipinski definition) is 4. The van der Waals surface area contributed by atoms with E-state index in [4.69, 9.17) is 20.6 Å².